The van der Waals surface area contributed by atoms with Gasteiger partial charge in [0, 0.05) is 6.20 Å². The molecule has 0 bridgehead atoms. The monoisotopic (exact) mass is 304 g/mol. The molecule has 7 heteroatoms. The van der Waals surface area contributed by atoms with E-state index < -0.39 is 0 Å². The van der Waals surface area contributed by atoms with Crippen molar-refractivity contribution < 1.29 is 4.79 Å². The maximum atomic E-state index is 12.2. The minimum absolute atomic E-state index is 0.291. The van der Waals surface area contributed by atoms with E-state index >= 15 is 0 Å². The zero-order chi connectivity index (χ0) is 16.2. The number of benzene rings is 1. The summed E-state index contributed by atoms with van der Waals surface area (Å²) in [6.45, 7) is 1.73. The maximum absolute atomic E-state index is 12.2. The number of amides is 1. The number of aromatic nitrogens is 4. The minimum Gasteiger partial charge on any atom is -0.289 e. The van der Waals surface area contributed by atoms with E-state index in [4.69, 9.17) is 5.26 Å². The van der Waals surface area contributed by atoms with Crippen LogP contribution in [0.15, 0.2) is 48.7 Å². The van der Waals surface area contributed by atoms with Crippen LogP contribution in [0.2, 0.25) is 0 Å². The number of nitriles is 1. The molecule has 0 aliphatic rings. The normalized spacial score (nSPS) is 10.1. The molecule has 1 N–H and O–H groups in total. The lowest BCUT2D eigenvalue weighted by molar-refractivity contribution is 0.102. The standard InChI is InChI=1S/C16H12N6O/c1-11-19-16(20-15(23)14-4-2-3-9-18-14)22(21-11)13-7-5-12(10-17)6-8-13/h2-9H,1H3,(H,19,20,21,23). The van der Waals surface area contributed by atoms with Crippen molar-refractivity contribution in [2.45, 2.75) is 6.92 Å². The topological polar surface area (TPSA) is 96.5 Å². The Morgan fingerprint density at radius 1 is 1.22 bits per heavy atom. The number of carbonyl (C=O) groups is 1. The Kier molecular flexibility index (Phi) is 3.80. The molecule has 3 aromatic rings. The van der Waals surface area contributed by atoms with Gasteiger partial charge in [-0.25, -0.2) is 0 Å². The first-order valence-electron chi connectivity index (χ1n) is 6.84. The largest absolute Gasteiger partial charge is 0.289 e. The number of rotatable bonds is 3. The zero-order valence-electron chi connectivity index (χ0n) is 12.3. The highest BCUT2D eigenvalue weighted by atomic mass is 16.2. The lowest BCUT2D eigenvalue weighted by Crippen LogP contribution is -2.17. The van der Waals surface area contributed by atoms with E-state index in [-0.39, 0.29) is 5.91 Å². The molecule has 0 aliphatic heterocycles. The van der Waals surface area contributed by atoms with Crippen molar-refractivity contribution in [1.82, 2.24) is 19.7 Å². The van der Waals surface area contributed by atoms with E-state index in [0.29, 0.717) is 28.7 Å². The van der Waals surface area contributed by atoms with Crippen molar-refractivity contribution in [2.24, 2.45) is 0 Å². The van der Waals surface area contributed by atoms with Crippen molar-refractivity contribution in [3.8, 4) is 11.8 Å². The summed E-state index contributed by atoms with van der Waals surface area (Å²) in [4.78, 5) is 20.4. The minimum atomic E-state index is -0.368. The zero-order valence-corrected chi connectivity index (χ0v) is 12.3. The van der Waals surface area contributed by atoms with Gasteiger partial charge in [-0.15, -0.1) is 5.10 Å². The number of nitrogens with one attached hydrogen (secondary N) is 1. The number of aryl methyl sites for hydroxylation is 1. The average molecular weight is 304 g/mol. The van der Waals surface area contributed by atoms with Crippen molar-refractivity contribution in [3.63, 3.8) is 0 Å². The molecule has 23 heavy (non-hydrogen) atoms. The second kappa shape index (κ2) is 6.07. The molecule has 3 rings (SSSR count). The first-order chi connectivity index (χ1) is 11.2. The van der Waals surface area contributed by atoms with Crippen LogP contribution in [0.5, 0.6) is 0 Å². The van der Waals surface area contributed by atoms with Crippen LogP contribution < -0.4 is 5.32 Å². The summed E-state index contributed by atoms with van der Waals surface area (Å²) < 4.78 is 1.51. The number of carbonyl (C=O) groups excluding carboxylic acids is 1. The molecular weight excluding hydrogens is 292 g/mol. The number of pyridine rings is 1. The van der Waals surface area contributed by atoms with Gasteiger partial charge in [-0.2, -0.15) is 14.9 Å². The van der Waals surface area contributed by atoms with E-state index in [1.807, 2.05) is 0 Å². The van der Waals surface area contributed by atoms with Crippen LogP contribution in [0.25, 0.3) is 5.69 Å². The summed E-state index contributed by atoms with van der Waals surface area (Å²) in [5, 5.41) is 15.8. The predicted octanol–water partition coefficient (Wildman–Crippen LogP) is 2.09. The summed E-state index contributed by atoms with van der Waals surface area (Å²) in [6, 6.07) is 14.0. The Morgan fingerprint density at radius 2 is 2.00 bits per heavy atom. The van der Waals surface area contributed by atoms with E-state index in [0.717, 1.165) is 0 Å². The quantitative estimate of drug-likeness (QED) is 0.799. The van der Waals surface area contributed by atoms with Gasteiger partial charge in [0.25, 0.3) is 5.91 Å². The second-order valence-corrected chi connectivity index (χ2v) is 4.72. The van der Waals surface area contributed by atoms with Crippen LogP contribution >= 0.6 is 0 Å². The van der Waals surface area contributed by atoms with Crippen molar-refractivity contribution >= 4 is 11.9 Å². The molecule has 0 atom stereocenters. The van der Waals surface area contributed by atoms with Crippen molar-refractivity contribution in [3.05, 3.63) is 65.7 Å². The fourth-order valence-corrected chi connectivity index (χ4v) is 2.02. The SMILES string of the molecule is Cc1nc(NC(=O)c2ccccn2)n(-c2ccc(C#N)cc2)n1. The highest BCUT2D eigenvalue weighted by molar-refractivity contribution is 6.01. The van der Waals surface area contributed by atoms with Gasteiger partial charge in [0.05, 0.1) is 17.3 Å². The smallest absolute Gasteiger partial charge is 0.276 e. The van der Waals surface area contributed by atoms with E-state index in [1.54, 1.807) is 55.6 Å². The van der Waals surface area contributed by atoms with Gasteiger partial charge in [0.1, 0.15) is 11.5 Å². The molecule has 0 saturated heterocycles. The van der Waals surface area contributed by atoms with Crippen LogP contribution in [-0.2, 0) is 0 Å². The van der Waals surface area contributed by atoms with Crippen LogP contribution in [0, 0.1) is 18.3 Å². The van der Waals surface area contributed by atoms with Crippen LogP contribution in [0.1, 0.15) is 21.9 Å². The molecular formula is C16H12N6O. The summed E-state index contributed by atoms with van der Waals surface area (Å²) >= 11 is 0. The maximum Gasteiger partial charge on any atom is 0.276 e. The fraction of sp³-hybridized carbons (Fsp3) is 0.0625. The Balaban J connectivity index is 1.91. The highest BCUT2D eigenvalue weighted by Gasteiger charge is 2.14. The van der Waals surface area contributed by atoms with Gasteiger partial charge in [-0.3, -0.25) is 15.1 Å². The lowest BCUT2D eigenvalue weighted by Gasteiger charge is -2.07. The van der Waals surface area contributed by atoms with Crippen LogP contribution in [0.3, 0.4) is 0 Å². The molecule has 0 aliphatic carbocycles. The van der Waals surface area contributed by atoms with Crippen molar-refractivity contribution in [1.29, 1.82) is 5.26 Å². The first-order valence-corrected chi connectivity index (χ1v) is 6.84. The van der Waals surface area contributed by atoms with E-state index in [2.05, 4.69) is 26.5 Å². The van der Waals surface area contributed by atoms with Crippen LogP contribution in [-0.4, -0.2) is 25.7 Å². The third-order valence-electron chi connectivity index (χ3n) is 3.08. The average Bonchev–Trinajstić information content (AvgIpc) is 2.96. The second-order valence-electron chi connectivity index (χ2n) is 4.72. The Morgan fingerprint density at radius 3 is 2.65 bits per heavy atom. The molecule has 1 aromatic carbocycles. The summed E-state index contributed by atoms with van der Waals surface area (Å²) in [6.07, 6.45) is 1.55. The first kappa shape index (κ1) is 14.4. The van der Waals surface area contributed by atoms with Crippen molar-refractivity contribution in [2.75, 3.05) is 5.32 Å². The van der Waals surface area contributed by atoms with E-state index in [9.17, 15) is 4.79 Å². The highest BCUT2D eigenvalue weighted by Crippen LogP contribution is 2.15. The molecule has 0 unspecified atom stereocenters. The number of anilines is 1. The lowest BCUT2D eigenvalue weighted by atomic mass is 10.2. The fourth-order valence-electron chi connectivity index (χ4n) is 2.02. The molecule has 2 heterocycles. The third-order valence-corrected chi connectivity index (χ3v) is 3.08. The number of hydrogen-bond donors (Lipinski definition) is 1. The van der Waals surface area contributed by atoms with Gasteiger partial charge in [-0.05, 0) is 43.3 Å². The summed E-state index contributed by atoms with van der Waals surface area (Å²) in [5.41, 5.74) is 1.53. The number of nitrogens with zero attached hydrogens (tertiary/aromatic N) is 5. The number of hydrogen-bond acceptors (Lipinski definition) is 5. The Labute approximate surface area is 132 Å². The molecule has 1 amide bonds. The Bertz CT molecular complexity index is 877. The molecule has 0 fully saturated rings. The van der Waals surface area contributed by atoms with Gasteiger partial charge in [0.15, 0.2) is 0 Å². The van der Waals surface area contributed by atoms with Gasteiger partial charge < -0.3 is 0 Å². The molecule has 0 saturated carbocycles. The van der Waals surface area contributed by atoms with Gasteiger partial charge in [-0.1, -0.05) is 6.07 Å². The molecule has 7 nitrogen and oxygen atoms in total. The molecule has 0 radical (unpaired) electrons. The van der Waals surface area contributed by atoms with E-state index in [1.165, 1.54) is 4.68 Å². The Hall–Kier alpha value is -3.53. The molecule has 0 spiro atoms. The summed E-state index contributed by atoms with van der Waals surface area (Å²) in [5.74, 6) is 0.446. The molecule has 2 aromatic heterocycles. The third kappa shape index (κ3) is 3.06. The predicted molar refractivity (Wildman–Crippen MR) is 83.0 cm³/mol. The van der Waals surface area contributed by atoms with Gasteiger partial charge >= 0.3 is 0 Å². The van der Waals surface area contributed by atoms with Crippen LogP contribution in [0.4, 0.5) is 5.95 Å². The summed E-state index contributed by atoms with van der Waals surface area (Å²) in [7, 11) is 0. The van der Waals surface area contributed by atoms with Gasteiger partial charge in [0.2, 0.25) is 5.95 Å². The molecule has 112 valence electrons.